The highest BCUT2D eigenvalue weighted by Gasteiger charge is 2.24. The fourth-order valence-corrected chi connectivity index (χ4v) is 5.29. The Balaban J connectivity index is 1.54. The molecule has 1 N–H and O–H groups in total. The van der Waals surface area contributed by atoms with E-state index < -0.39 is 0 Å². The predicted octanol–water partition coefficient (Wildman–Crippen LogP) is 6.06. The van der Waals surface area contributed by atoms with E-state index >= 15 is 0 Å². The van der Waals surface area contributed by atoms with E-state index in [1.54, 1.807) is 7.11 Å². The topological polar surface area (TPSA) is 69.0 Å². The van der Waals surface area contributed by atoms with Crippen LogP contribution >= 0.6 is 11.8 Å². The predicted molar refractivity (Wildman–Crippen MR) is 134 cm³/mol. The van der Waals surface area contributed by atoms with Crippen molar-refractivity contribution >= 4 is 23.4 Å². The third-order valence-corrected chi connectivity index (χ3v) is 7.23. The van der Waals surface area contributed by atoms with Crippen LogP contribution in [0, 0.1) is 6.92 Å². The maximum absolute atomic E-state index is 12.8. The van der Waals surface area contributed by atoms with Crippen LogP contribution in [0.5, 0.6) is 5.75 Å². The Labute approximate surface area is 200 Å². The number of aromatic nitrogens is 3. The van der Waals surface area contributed by atoms with Crippen molar-refractivity contribution in [2.75, 3.05) is 18.2 Å². The van der Waals surface area contributed by atoms with Gasteiger partial charge in [0.05, 0.1) is 12.9 Å². The Hall–Kier alpha value is -2.80. The molecule has 1 saturated carbocycles. The van der Waals surface area contributed by atoms with E-state index in [0.717, 1.165) is 58.4 Å². The molecule has 3 aromatic rings. The van der Waals surface area contributed by atoms with E-state index in [0.29, 0.717) is 11.8 Å². The maximum Gasteiger partial charge on any atom is 0.234 e. The Morgan fingerprint density at radius 1 is 1.12 bits per heavy atom. The smallest absolute Gasteiger partial charge is 0.234 e. The first-order valence-electron chi connectivity index (χ1n) is 11.7. The zero-order valence-corrected chi connectivity index (χ0v) is 20.5. The summed E-state index contributed by atoms with van der Waals surface area (Å²) in [6, 6.07) is 14.4. The molecule has 1 aliphatic carbocycles. The van der Waals surface area contributed by atoms with Crippen LogP contribution in [0.25, 0.3) is 11.4 Å². The molecule has 0 unspecified atom stereocenters. The number of rotatable bonds is 8. The van der Waals surface area contributed by atoms with Gasteiger partial charge in [0.15, 0.2) is 11.0 Å². The van der Waals surface area contributed by atoms with Crippen LogP contribution in [0.3, 0.4) is 0 Å². The summed E-state index contributed by atoms with van der Waals surface area (Å²) in [5, 5.41) is 13.0. The van der Waals surface area contributed by atoms with Crippen molar-refractivity contribution in [1.82, 2.24) is 14.8 Å². The monoisotopic (exact) mass is 464 g/mol. The second kappa shape index (κ2) is 10.9. The van der Waals surface area contributed by atoms with Crippen LogP contribution in [0.15, 0.2) is 47.6 Å². The van der Waals surface area contributed by atoms with Crippen LogP contribution in [0.4, 0.5) is 5.69 Å². The molecule has 1 heterocycles. The van der Waals surface area contributed by atoms with Gasteiger partial charge in [0.2, 0.25) is 5.91 Å². The summed E-state index contributed by atoms with van der Waals surface area (Å²) in [5.74, 6) is 1.95. The molecule has 0 aliphatic heterocycles. The summed E-state index contributed by atoms with van der Waals surface area (Å²) >= 11 is 1.46. The van der Waals surface area contributed by atoms with Crippen molar-refractivity contribution in [2.45, 2.75) is 63.6 Å². The van der Waals surface area contributed by atoms with Crippen molar-refractivity contribution in [2.24, 2.45) is 0 Å². The number of carbonyl (C=O) groups excluding carboxylic acids is 1. The molecule has 1 fully saturated rings. The Morgan fingerprint density at radius 2 is 1.88 bits per heavy atom. The zero-order chi connectivity index (χ0) is 23.2. The van der Waals surface area contributed by atoms with Crippen LogP contribution in [0.1, 0.15) is 56.2 Å². The second-order valence-electron chi connectivity index (χ2n) is 8.50. The van der Waals surface area contributed by atoms with Gasteiger partial charge in [-0.3, -0.25) is 9.36 Å². The molecule has 0 radical (unpaired) electrons. The second-order valence-corrected chi connectivity index (χ2v) is 9.44. The van der Waals surface area contributed by atoms with Gasteiger partial charge in [-0.25, -0.2) is 0 Å². The molecule has 33 heavy (non-hydrogen) atoms. The molecule has 0 bridgehead atoms. The summed E-state index contributed by atoms with van der Waals surface area (Å²) in [6.07, 6.45) is 6.81. The number of nitrogens with one attached hydrogen (secondary N) is 1. The van der Waals surface area contributed by atoms with Gasteiger partial charge in [0.1, 0.15) is 5.75 Å². The van der Waals surface area contributed by atoms with Crippen molar-refractivity contribution < 1.29 is 9.53 Å². The standard InChI is InChI=1S/C26H32N4O2S/c1-4-19-10-8-9-18(2)24(19)27-23(31)17-33-26-29-28-25(20-13-15-22(32-3)16-14-20)30(26)21-11-6-5-7-12-21/h8-10,13-16,21H,4-7,11-12,17H2,1-3H3,(H,27,31). The van der Waals surface area contributed by atoms with Crippen molar-refractivity contribution in [3.05, 3.63) is 53.6 Å². The number of benzene rings is 2. The largest absolute Gasteiger partial charge is 0.497 e. The number of aryl methyl sites for hydroxylation is 2. The lowest BCUT2D eigenvalue weighted by Crippen LogP contribution is -2.18. The van der Waals surface area contributed by atoms with Crippen LogP contribution in [-0.4, -0.2) is 33.5 Å². The number of thioether (sulfide) groups is 1. The van der Waals surface area contributed by atoms with Gasteiger partial charge in [0, 0.05) is 17.3 Å². The van der Waals surface area contributed by atoms with Crippen LogP contribution in [0.2, 0.25) is 0 Å². The van der Waals surface area contributed by atoms with Gasteiger partial charge in [-0.05, 0) is 61.6 Å². The number of hydrogen-bond donors (Lipinski definition) is 1. The number of anilines is 1. The van der Waals surface area contributed by atoms with Gasteiger partial charge in [-0.1, -0.05) is 56.1 Å². The Morgan fingerprint density at radius 3 is 2.58 bits per heavy atom. The number of nitrogens with zero attached hydrogens (tertiary/aromatic N) is 3. The van der Waals surface area contributed by atoms with Crippen LogP contribution < -0.4 is 10.1 Å². The molecular formula is C26H32N4O2S. The number of hydrogen-bond acceptors (Lipinski definition) is 5. The molecule has 0 atom stereocenters. The van der Waals surface area contributed by atoms with E-state index in [9.17, 15) is 4.79 Å². The summed E-state index contributed by atoms with van der Waals surface area (Å²) in [4.78, 5) is 12.8. The first kappa shape index (κ1) is 23.4. The molecule has 1 amide bonds. The summed E-state index contributed by atoms with van der Waals surface area (Å²) in [7, 11) is 1.67. The van der Waals surface area contributed by atoms with Gasteiger partial charge in [-0.15, -0.1) is 10.2 Å². The summed E-state index contributed by atoms with van der Waals surface area (Å²) in [6.45, 7) is 4.13. The number of para-hydroxylation sites is 1. The molecule has 174 valence electrons. The van der Waals surface area contributed by atoms with Gasteiger partial charge in [-0.2, -0.15) is 0 Å². The molecule has 6 nitrogen and oxygen atoms in total. The van der Waals surface area contributed by atoms with E-state index in [-0.39, 0.29) is 5.91 Å². The lowest BCUT2D eigenvalue weighted by molar-refractivity contribution is -0.113. The molecule has 7 heteroatoms. The first-order chi connectivity index (χ1) is 16.1. The quantitative estimate of drug-likeness (QED) is 0.410. The summed E-state index contributed by atoms with van der Waals surface area (Å²) in [5.41, 5.74) is 4.18. The van der Waals surface area contributed by atoms with E-state index in [1.807, 2.05) is 43.3 Å². The Bertz CT molecular complexity index is 1090. The number of amides is 1. The van der Waals surface area contributed by atoms with Gasteiger partial charge >= 0.3 is 0 Å². The highest BCUT2D eigenvalue weighted by molar-refractivity contribution is 7.99. The fourth-order valence-electron chi connectivity index (χ4n) is 4.49. The molecule has 0 spiro atoms. The molecule has 4 rings (SSSR count). The maximum atomic E-state index is 12.8. The van der Waals surface area contributed by atoms with Gasteiger partial charge in [0.25, 0.3) is 0 Å². The fraction of sp³-hybridized carbons (Fsp3) is 0.423. The lowest BCUT2D eigenvalue weighted by atomic mass is 9.95. The van der Waals surface area contributed by atoms with Crippen LogP contribution in [-0.2, 0) is 11.2 Å². The van der Waals surface area contributed by atoms with E-state index in [4.69, 9.17) is 4.74 Å². The zero-order valence-electron chi connectivity index (χ0n) is 19.6. The number of ether oxygens (including phenoxy) is 1. The first-order valence-corrected chi connectivity index (χ1v) is 12.7. The van der Waals surface area contributed by atoms with Gasteiger partial charge < -0.3 is 10.1 Å². The average molecular weight is 465 g/mol. The third kappa shape index (κ3) is 5.41. The number of carbonyl (C=O) groups is 1. The molecular weight excluding hydrogens is 432 g/mol. The lowest BCUT2D eigenvalue weighted by Gasteiger charge is -2.25. The minimum absolute atomic E-state index is 0.0202. The SMILES string of the molecule is CCc1cccc(C)c1NC(=O)CSc1nnc(-c2ccc(OC)cc2)n1C1CCCCC1. The average Bonchev–Trinajstić information content (AvgIpc) is 3.28. The summed E-state index contributed by atoms with van der Waals surface area (Å²) < 4.78 is 7.56. The molecule has 2 aromatic carbocycles. The van der Waals surface area contributed by atoms with E-state index in [2.05, 4.69) is 33.1 Å². The van der Waals surface area contributed by atoms with Crippen molar-refractivity contribution in [1.29, 1.82) is 0 Å². The van der Waals surface area contributed by atoms with E-state index in [1.165, 1.54) is 31.0 Å². The highest BCUT2D eigenvalue weighted by atomic mass is 32.2. The third-order valence-electron chi connectivity index (χ3n) is 6.29. The van der Waals surface area contributed by atoms with Crippen molar-refractivity contribution in [3.8, 4) is 17.1 Å². The molecule has 1 aliphatic rings. The minimum atomic E-state index is -0.0202. The normalized spacial score (nSPS) is 14.3. The minimum Gasteiger partial charge on any atom is -0.497 e. The highest BCUT2D eigenvalue weighted by Crippen LogP contribution is 2.36. The van der Waals surface area contributed by atoms with Crippen molar-refractivity contribution in [3.63, 3.8) is 0 Å². The number of methoxy groups -OCH3 is 1. The molecule has 0 saturated heterocycles. The Kier molecular flexibility index (Phi) is 7.70. The molecule has 1 aromatic heterocycles.